The van der Waals surface area contributed by atoms with Gasteiger partial charge < -0.3 is 5.32 Å². The molecule has 0 heterocycles. The van der Waals surface area contributed by atoms with Gasteiger partial charge in [-0.1, -0.05) is 18.2 Å². The molecule has 0 spiro atoms. The van der Waals surface area contributed by atoms with Crippen LogP contribution in [0.5, 0.6) is 0 Å². The Hall–Kier alpha value is -0.540. The van der Waals surface area contributed by atoms with Crippen molar-refractivity contribution >= 4 is 18.4 Å². The van der Waals surface area contributed by atoms with E-state index in [1.165, 1.54) is 0 Å². The molecule has 12 heavy (non-hydrogen) atoms. The van der Waals surface area contributed by atoms with Crippen LogP contribution in [0.15, 0.2) is 23.6 Å². The summed E-state index contributed by atoms with van der Waals surface area (Å²) in [5.74, 6) is 0.164. The Morgan fingerprint density at radius 2 is 2.25 bits per heavy atom. The predicted molar refractivity (Wildman–Crippen MR) is 55.4 cm³/mol. The Balaban J connectivity index is 3.80. The summed E-state index contributed by atoms with van der Waals surface area (Å²) >= 11 is 3.89. The van der Waals surface area contributed by atoms with E-state index < -0.39 is 0 Å². The van der Waals surface area contributed by atoms with Gasteiger partial charge in [-0.25, -0.2) is 0 Å². The normalized spacial score (nSPS) is 14.2. The Labute approximate surface area is 79.1 Å². The zero-order valence-electron chi connectivity index (χ0n) is 7.45. The van der Waals surface area contributed by atoms with E-state index in [1.54, 1.807) is 19.4 Å². The second-order valence-electron chi connectivity index (χ2n) is 2.46. The van der Waals surface area contributed by atoms with E-state index in [0.717, 1.165) is 6.42 Å². The van der Waals surface area contributed by atoms with E-state index in [0.29, 0.717) is 0 Å². The van der Waals surface area contributed by atoms with Crippen molar-refractivity contribution in [2.24, 2.45) is 0 Å². The molecule has 0 aliphatic carbocycles. The third-order valence-corrected chi connectivity index (χ3v) is 1.72. The number of ketones is 1. The molecule has 0 aliphatic rings. The summed E-state index contributed by atoms with van der Waals surface area (Å²) in [6.45, 7) is 1.59. The molecule has 0 aromatic carbocycles. The minimum Gasteiger partial charge on any atom is -0.310 e. The molecule has 0 rings (SSSR count). The molecule has 1 atom stereocenters. The van der Waals surface area contributed by atoms with Gasteiger partial charge >= 0.3 is 0 Å². The van der Waals surface area contributed by atoms with Crippen molar-refractivity contribution in [1.82, 2.24) is 5.32 Å². The Bertz CT molecular complexity index is 187. The highest BCUT2D eigenvalue weighted by Gasteiger charge is 2.07. The number of carbonyl (C=O) groups is 1. The number of rotatable bonds is 5. The third kappa shape index (κ3) is 5.16. The molecule has 1 N–H and O–H groups in total. The first-order valence-electron chi connectivity index (χ1n) is 3.86. The van der Waals surface area contributed by atoms with Gasteiger partial charge in [-0.15, -0.1) is 0 Å². The molecule has 0 radical (unpaired) electrons. The molecular formula is C9H15NOS. The molecule has 0 aromatic rings. The van der Waals surface area contributed by atoms with Gasteiger partial charge in [0, 0.05) is 0 Å². The first kappa shape index (κ1) is 11.5. The lowest BCUT2D eigenvalue weighted by Crippen LogP contribution is -2.31. The van der Waals surface area contributed by atoms with Gasteiger partial charge in [0.25, 0.3) is 0 Å². The standard InChI is InChI=1S/C9H15NOS/c1-8(11)9(10-2)6-4-3-5-7-12/h3-5,7,9-10,12H,6H2,1-2H3/b4-3+,7-5-. The zero-order chi connectivity index (χ0) is 9.40. The second-order valence-corrected chi connectivity index (χ2v) is 2.76. The SMILES string of the molecule is CNC(C/C=C/C=C\S)C(C)=O. The molecule has 0 saturated heterocycles. The molecule has 0 bridgehead atoms. The van der Waals surface area contributed by atoms with Crippen molar-refractivity contribution in [3.05, 3.63) is 23.6 Å². The molecule has 3 heteroatoms. The van der Waals surface area contributed by atoms with Crippen molar-refractivity contribution in [2.45, 2.75) is 19.4 Å². The Morgan fingerprint density at radius 1 is 1.58 bits per heavy atom. The summed E-state index contributed by atoms with van der Waals surface area (Å²) in [6, 6.07) is -0.0606. The van der Waals surface area contributed by atoms with Crippen molar-refractivity contribution in [2.75, 3.05) is 7.05 Å². The van der Waals surface area contributed by atoms with Gasteiger partial charge in [-0.05, 0) is 25.8 Å². The van der Waals surface area contributed by atoms with Gasteiger partial charge in [-0.2, -0.15) is 12.6 Å². The average molecular weight is 185 g/mol. The van der Waals surface area contributed by atoms with E-state index in [2.05, 4.69) is 17.9 Å². The maximum absolute atomic E-state index is 10.9. The summed E-state index contributed by atoms with van der Waals surface area (Å²) in [6.07, 6.45) is 6.36. The predicted octanol–water partition coefficient (Wildman–Crippen LogP) is 1.55. The van der Waals surface area contributed by atoms with Gasteiger partial charge in [0.1, 0.15) is 5.78 Å². The number of likely N-dealkylation sites (N-methyl/N-ethyl adjacent to an activating group) is 1. The summed E-state index contributed by atoms with van der Waals surface area (Å²) < 4.78 is 0. The average Bonchev–Trinajstić information content (AvgIpc) is 2.04. The van der Waals surface area contributed by atoms with Crippen molar-refractivity contribution in [3.8, 4) is 0 Å². The van der Waals surface area contributed by atoms with Gasteiger partial charge in [0.05, 0.1) is 6.04 Å². The van der Waals surface area contributed by atoms with Crippen LogP contribution in [-0.4, -0.2) is 18.9 Å². The van der Waals surface area contributed by atoms with Gasteiger partial charge in [0.2, 0.25) is 0 Å². The number of thiol groups is 1. The largest absolute Gasteiger partial charge is 0.310 e. The van der Waals surface area contributed by atoms with Crippen molar-refractivity contribution in [3.63, 3.8) is 0 Å². The molecule has 0 amide bonds. The fourth-order valence-corrected chi connectivity index (χ4v) is 0.929. The monoisotopic (exact) mass is 185 g/mol. The van der Waals surface area contributed by atoms with Crippen LogP contribution in [-0.2, 0) is 4.79 Å². The highest BCUT2D eigenvalue weighted by atomic mass is 32.1. The number of allylic oxidation sites excluding steroid dienone is 2. The zero-order valence-corrected chi connectivity index (χ0v) is 8.34. The van der Waals surface area contributed by atoms with Gasteiger partial charge in [0.15, 0.2) is 0 Å². The van der Waals surface area contributed by atoms with Crippen LogP contribution in [0, 0.1) is 0 Å². The second kappa shape index (κ2) is 7.13. The molecule has 0 saturated carbocycles. The summed E-state index contributed by atoms with van der Waals surface area (Å²) in [5, 5.41) is 4.59. The number of hydrogen-bond donors (Lipinski definition) is 2. The lowest BCUT2D eigenvalue weighted by Gasteiger charge is -2.08. The van der Waals surface area contributed by atoms with Crippen molar-refractivity contribution < 1.29 is 4.79 Å². The molecule has 2 nitrogen and oxygen atoms in total. The fraction of sp³-hybridized carbons (Fsp3) is 0.444. The van der Waals surface area contributed by atoms with Crippen molar-refractivity contribution in [1.29, 1.82) is 0 Å². The number of hydrogen-bond acceptors (Lipinski definition) is 3. The molecule has 0 aromatic heterocycles. The Kier molecular flexibility index (Phi) is 6.81. The number of carbonyl (C=O) groups excluding carboxylic acids is 1. The van der Waals surface area contributed by atoms with E-state index in [4.69, 9.17) is 0 Å². The maximum atomic E-state index is 10.9. The highest BCUT2D eigenvalue weighted by molar-refractivity contribution is 7.83. The third-order valence-electron chi connectivity index (χ3n) is 1.54. The molecule has 0 aliphatic heterocycles. The minimum atomic E-state index is -0.0606. The smallest absolute Gasteiger partial charge is 0.146 e. The minimum absolute atomic E-state index is 0.0606. The molecule has 0 fully saturated rings. The number of nitrogens with one attached hydrogen (secondary N) is 1. The summed E-state index contributed by atoms with van der Waals surface area (Å²) in [5.41, 5.74) is 0. The van der Waals surface area contributed by atoms with Gasteiger partial charge in [-0.3, -0.25) is 4.79 Å². The quantitative estimate of drug-likeness (QED) is 0.502. The first-order valence-corrected chi connectivity index (χ1v) is 4.37. The van der Waals surface area contributed by atoms with Crippen LogP contribution in [0.2, 0.25) is 0 Å². The topological polar surface area (TPSA) is 29.1 Å². The Morgan fingerprint density at radius 3 is 2.67 bits per heavy atom. The summed E-state index contributed by atoms with van der Waals surface area (Å²) in [7, 11) is 1.79. The van der Waals surface area contributed by atoms with Crippen LogP contribution in [0.1, 0.15) is 13.3 Å². The van der Waals surface area contributed by atoms with E-state index in [-0.39, 0.29) is 11.8 Å². The molecular weight excluding hydrogens is 170 g/mol. The lowest BCUT2D eigenvalue weighted by atomic mass is 10.1. The van der Waals surface area contributed by atoms with Crippen LogP contribution in [0.25, 0.3) is 0 Å². The first-order chi connectivity index (χ1) is 5.72. The van der Waals surface area contributed by atoms with E-state index in [1.807, 2.05) is 18.2 Å². The lowest BCUT2D eigenvalue weighted by molar-refractivity contribution is -0.118. The van der Waals surface area contributed by atoms with E-state index >= 15 is 0 Å². The summed E-state index contributed by atoms with van der Waals surface area (Å²) in [4.78, 5) is 10.9. The maximum Gasteiger partial charge on any atom is 0.146 e. The van der Waals surface area contributed by atoms with Crippen LogP contribution in [0.4, 0.5) is 0 Å². The van der Waals surface area contributed by atoms with Crippen LogP contribution < -0.4 is 5.32 Å². The molecule has 1 unspecified atom stereocenters. The van der Waals surface area contributed by atoms with E-state index in [9.17, 15) is 4.79 Å². The number of Topliss-reactive ketones (excluding diaryl/α,β-unsaturated/α-hetero) is 1. The highest BCUT2D eigenvalue weighted by Crippen LogP contribution is 1.95. The van der Waals surface area contributed by atoms with Crippen LogP contribution >= 0.6 is 12.6 Å². The fourth-order valence-electron chi connectivity index (χ4n) is 0.830. The molecule has 68 valence electrons. The van der Waals surface area contributed by atoms with Crippen LogP contribution in [0.3, 0.4) is 0 Å².